The quantitative estimate of drug-likeness (QED) is 0.139. The molecule has 26 heteroatoms. The first kappa shape index (κ1) is 83.4. The molecule has 0 aliphatic carbocycles. The monoisotopic (exact) mass is 1300 g/mol. The summed E-state index contributed by atoms with van der Waals surface area (Å²) in [5.74, 6) is -10.4. The zero-order valence-electron chi connectivity index (χ0n) is 60.9. The Morgan fingerprint density at radius 2 is 0.967 bits per heavy atom. The minimum absolute atomic E-state index is 0.0318. The molecule has 1 aliphatic rings. The van der Waals surface area contributed by atoms with E-state index in [1.165, 1.54) is 109 Å². The van der Waals surface area contributed by atoms with Crippen molar-refractivity contribution in [1.82, 2.24) is 60.5 Å². The fraction of sp³-hybridized carbons (Fsp3) is 0.818. The molecule has 1 aliphatic heterocycles. The summed E-state index contributed by atoms with van der Waals surface area (Å²) < 4.78 is 5.61. The average Bonchev–Trinajstić information content (AvgIpc) is 0.805. The van der Waals surface area contributed by atoms with Crippen LogP contribution in [0.4, 0.5) is 4.79 Å². The highest BCUT2D eigenvalue weighted by molar-refractivity contribution is 6.00. The van der Waals surface area contributed by atoms with Gasteiger partial charge in [-0.3, -0.25) is 52.7 Å². The second-order valence-electron chi connectivity index (χ2n) is 28.5. The Balaban J connectivity index is 4.51. The molecule has 13 atom stereocenters. The molecule has 92 heavy (non-hydrogen) atoms. The molecule has 0 spiro atoms. The number of rotatable bonds is 17. The van der Waals surface area contributed by atoms with Crippen LogP contribution in [0.25, 0.3) is 0 Å². The van der Waals surface area contributed by atoms with Gasteiger partial charge in [0.15, 0.2) is 0 Å². The zero-order valence-corrected chi connectivity index (χ0v) is 60.9. The first-order valence-corrected chi connectivity index (χ1v) is 32.9. The predicted octanol–water partition coefficient (Wildman–Crippen LogP) is 3.56. The number of unbranched alkanes of at least 4 members (excludes halogenated alkanes) is 1. The van der Waals surface area contributed by atoms with E-state index in [0.717, 1.165) is 21.1 Å². The van der Waals surface area contributed by atoms with Crippen LogP contribution in [0.15, 0.2) is 0 Å². The molecule has 1 fully saturated rings. The van der Waals surface area contributed by atoms with E-state index in [-0.39, 0.29) is 43.4 Å². The number of amides is 12. The molecule has 528 valence electrons. The number of hydrogen-bond donors (Lipinski definition) is 5. The Bertz CT molecular complexity index is 2540. The molecule has 1 rings (SSSR count). The maximum Gasteiger partial charge on any atom is 0.409 e. The number of aliphatic hydroxyl groups is 1. The van der Waals surface area contributed by atoms with E-state index in [4.69, 9.17) is 4.74 Å². The molecule has 26 nitrogen and oxygen atoms in total. The summed E-state index contributed by atoms with van der Waals surface area (Å²) in [5, 5.41) is 23.2. The third kappa shape index (κ3) is 22.3. The Morgan fingerprint density at radius 3 is 1.42 bits per heavy atom. The molecule has 5 N–H and O–H groups in total. The van der Waals surface area contributed by atoms with E-state index in [1.807, 2.05) is 48.5 Å². The summed E-state index contributed by atoms with van der Waals surface area (Å²) in [5.41, 5.74) is -1.41. The van der Waals surface area contributed by atoms with Crippen molar-refractivity contribution in [3.05, 3.63) is 0 Å². The van der Waals surface area contributed by atoms with Crippen LogP contribution in [0.5, 0.6) is 0 Å². The van der Waals surface area contributed by atoms with Gasteiger partial charge in [-0.05, 0) is 88.4 Å². The van der Waals surface area contributed by atoms with Gasteiger partial charge in [-0.25, -0.2) is 4.79 Å². The highest BCUT2D eigenvalue weighted by atomic mass is 16.6. The molecule has 0 aromatic carbocycles. The van der Waals surface area contributed by atoms with Gasteiger partial charge < -0.3 is 70.3 Å². The van der Waals surface area contributed by atoms with Crippen molar-refractivity contribution in [2.75, 3.05) is 70.0 Å². The number of aliphatic hydroxyl groups excluding tert-OH is 1. The summed E-state index contributed by atoms with van der Waals surface area (Å²) in [7, 11) is 12.7. The van der Waals surface area contributed by atoms with E-state index in [9.17, 15) is 38.7 Å². The first-order valence-electron chi connectivity index (χ1n) is 32.9. The van der Waals surface area contributed by atoms with Crippen LogP contribution >= 0.6 is 0 Å². The largest absolute Gasteiger partial charge is 0.449 e. The lowest BCUT2D eigenvalue weighted by atomic mass is 9.83. The topological polar surface area (TPSA) is 308 Å². The number of ether oxygens (including phenoxy) is 1. The Hall–Kier alpha value is -6.60. The van der Waals surface area contributed by atoms with E-state index in [0.29, 0.717) is 12.8 Å². The van der Waals surface area contributed by atoms with Crippen LogP contribution in [-0.4, -0.2) is 258 Å². The summed E-state index contributed by atoms with van der Waals surface area (Å²) in [4.78, 5) is 185. The molecule has 0 aromatic heterocycles. The van der Waals surface area contributed by atoms with E-state index >= 15 is 24.0 Å². The molecule has 0 aromatic rings. The van der Waals surface area contributed by atoms with Crippen LogP contribution in [-0.2, 0) is 57.5 Å². The van der Waals surface area contributed by atoms with E-state index < -0.39 is 173 Å². The third-order valence-corrected chi connectivity index (χ3v) is 17.7. The lowest BCUT2D eigenvalue weighted by Gasteiger charge is -2.42. The number of likely N-dealkylation sites (N-methyl/N-ethyl adjacent to an activating group) is 7. The summed E-state index contributed by atoms with van der Waals surface area (Å²) in [6.07, 6.45) is -0.0164. The second-order valence-corrected chi connectivity index (χ2v) is 28.5. The molecule has 0 saturated carbocycles. The lowest BCUT2D eigenvalue weighted by Crippen LogP contribution is -2.64. The van der Waals surface area contributed by atoms with Gasteiger partial charge in [-0.15, -0.1) is 0 Å². The molecule has 0 bridgehead atoms. The normalized spacial score (nSPS) is 26.5. The minimum Gasteiger partial charge on any atom is -0.449 e. The van der Waals surface area contributed by atoms with Crippen molar-refractivity contribution in [1.29, 1.82) is 0 Å². The van der Waals surface area contributed by atoms with Gasteiger partial charge in [0, 0.05) is 68.8 Å². The molecule has 0 unspecified atom stereocenters. The van der Waals surface area contributed by atoms with Crippen LogP contribution in [0.3, 0.4) is 0 Å². The van der Waals surface area contributed by atoms with Crippen LogP contribution in [0.2, 0.25) is 0 Å². The predicted molar refractivity (Wildman–Crippen MR) is 352 cm³/mol. The SMILES string of the molecule is CCCC[C@@H](C)[C@@H](O)[C@H]1C(=O)N[C@@H](CC)C(=O)N(C)[C@H](C)C(=O)N(C)[C@@H](C(C)(C)COC(=O)N(C)C)C(=O)N[C@@H](C(C)C)C(=O)N(C)[C@@H](CC(C)C)C(=O)N[C@@H](C)C(=O)N[C@H](C)C(=O)N(C)[C@@H](CC(C)C)C(=O)N(C)[C@@H](CC(C)C)C(=O)N(C)[C@@H](C(C)C)C(=O)N1C. The highest BCUT2D eigenvalue weighted by Crippen LogP contribution is 2.30. The number of carbonyl (C=O) groups is 12. The van der Waals surface area contributed by atoms with Crippen molar-refractivity contribution in [3.63, 3.8) is 0 Å². The molecule has 12 amide bonds. The van der Waals surface area contributed by atoms with Gasteiger partial charge in [0.05, 0.1) is 6.10 Å². The van der Waals surface area contributed by atoms with Crippen molar-refractivity contribution in [2.45, 2.75) is 242 Å². The molecular weight excluding hydrogens is 1180 g/mol. The second kappa shape index (κ2) is 36.7. The van der Waals surface area contributed by atoms with Crippen molar-refractivity contribution in [3.8, 4) is 0 Å². The third-order valence-electron chi connectivity index (χ3n) is 17.7. The maximum absolute atomic E-state index is 15.3. The molecule has 1 saturated heterocycles. The molecule has 1 heterocycles. The average molecular weight is 1310 g/mol. The zero-order chi connectivity index (χ0) is 71.6. The number of nitrogens with one attached hydrogen (secondary N) is 4. The lowest BCUT2D eigenvalue weighted by molar-refractivity contribution is -0.157. The van der Waals surface area contributed by atoms with E-state index in [1.54, 1.807) is 55.4 Å². The van der Waals surface area contributed by atoms with Crippen LogP contribution in [0, 0.1) is 40.9 Å². The Kier molecular flexibility index (Phi) is 33.3. The highest BCUT2D eigenvalue weighted by Gasteiger charge is 2.48. The van der Waals surface area contributed by atoms with Gasteiger partial charge in [-0.2, -0.15) is 0 Å². The number of carbonyl (C=O) groups excluding carboxylic acids is 12. The van der Waals surface area contributed by atoms with Crippen molar-refractivity contribution >= 4 is 71.1 Å². The summed E-state index contributed by atoms with van der Waals surface area (Å²) in [6, 6.07) is -14.5. The Morgan fingerprint density at radius 1 is 0.511 bits per heavy atom. The molecular formula is C66H120N12O14. The minimum atomic E-state index is -1.63. The van der Waals surface area contributed by atoms with Gasteiger partial charge in [-0.1, -0.05) is 117 Å². The van der Waals surface area contributed by atoms with E-state index in [2.05, 4.69) is 21.3 Å². The van der Waals surface area contributed by atoms with Crippen molar-refractivity contribution in [2.24, 2.45) is 40.9 Å². The van der Waals surface area contributed by atoms with Gasteiger partial charge in [0.25, 0.3) is 0 Å². The van der Waals surface area contributed by atoms with Crippen molar-refractivity contribution < 1.29 is 67.4 Å². The number of hydrogen-bond acceptors (Lipinski definition) is 14. The Labute approximate surface area is 550 Å². The smallest absolute Gasteiger partial charge is 0.409 e. The van der Waals surface area contributed by atoms with Gasteiger partial charge in [0.1, 0.15) is 73.1 Å². The standard InChI is InChI=1S/C66H120N12O14/c1-28-30-31-41(13)52(79)51-56(82)69-45(29-2)60(86)72(21)44(16)59(85)78(27)53(66(17,18)35-92-65(91)71(19)20)57(83)70-49(39(9)10)63(89)73(22)46(32-36(3)4)55(81)67-42(14)54(80)68-43(15)58(84)74(23)47(33-37(5)6)61(87)75(24)48(34-38(7)8)62(88)76(25)50(40(11)12)64(90)77(51)26/h36-53,79H,28-35H2,1-27H3,(H,67,81)(H,68,80)(H,69,82)(H,70,83)/t41-,42+,43-,44-,45+,46+,47+,48+,49+,50+,51+,52-,53-/m1/s1. The number of nitrogens with zero attached hydrogens (tertiary/aromatic N) is 8. The first-order chi connectivity index (χ1) is 42.3. The summed E-state index contributed by atoms with van der Waals surface area (Å²) >= 11 is 0. The maximum atomic E-state index is 15.3. The van der Waals surface area contributed by atoms with Crippen LogP contribution < -0.4 is 21.3 Å². The fourth-order valence-electron chi connectivity index (χ4n) is 11.7. The van der Waals surface area contributed by atoms with Crippen LogP contribution in [0.1, 0.15) is 170 Å². The summed E-state index contributed by atoms with van der Waals surface area (Å²) in [6.45, 7) is 30.3. The fourth-order valence-corrected chi connectivity index (χ4v) is 11.7. The van der Waals surface area contributed by atoms with Gasteiger partial charge in [0.2, 0.25) is 65.0 Å². The molecule has 0 radical (unpaired) electrons. The van der Waals surface area contributed by atoms with Gasteiger partial charge >= 0.3 is 6.09 Å².